The second kappa shape index (κ2) is 12.0. The molecule has 0 radical (unpaired) electrons. The number of non-ortho nitro benzene ring substituents is 1. The Balaban J connectivity index is 1.19. The standard InChI is InChI=1S/C33H32N4O5S/c38-33(35-21-19-34(20-22-35)28-13-15-29(16-14-28)37(39)40)32-24-36(23-31(32)27-9-5-2-6-10-27)43(41,42)30-17-11-26(12-18-30)25-7-3-1-4-8-25/h1-18,31-32H,19-24H2. The van der Waals surface area contributed by atoms with Crippen LogP contribution < -0.4 is 4.90 Å². The first-order chi connectivity index (χ1) is 20.8. The van der Waals surface area contributed by atoms with E-state index < -0.39 is 20.9 Å². The highest BCUT2D eigenvalue weighted by molar-refractivity contribution is 7.89. The summed E-state index contributed by atoms with van der Waals surface area (Å²) < 4.78 is 29.1. The van der Waals surface area contributed by atoms with Gasteiger partial charge in [0.15, 0.2) is 0 Å². The van der Waals surface area contributed by atoms with Crippen molar-refractivity contribution in [1.82, 2.24) is 9.21 Å². The van der Waals surface area contributed by atoms with Gasteiger partial charge in [0.1, 0.15) is 0 Å². The average molecular weight is 597 g/mol. The van der Waals surface area contributed by atoms with Crippen LogP contribution in [0.5, 0.6) is 0 Å². The van der Waals surface area contributed by atoms with Gasteiger partial charge >= 0.3 is 0 Å². The van der Waals surface area contributed by atoms with Crippen molar-refractivity contribution in [3.8, 4) is 11.1 Å². The molecule has 0 spiro atoms. The first kappa shape index (κ1) is 28.6. The van der Waals surface area contributed by atoms with E-state index in [9.17, 15) is 23.3 Å². The van der Waals surface area contributed by atoms with Crippen molar-refractivity contribution in [3.63, 3.8) is 0 Å². The zero-order valence-corrected chi connectivity index (χ0v) is 24.3. The number of rotatable bonds is 7. The Kier molecular flexibility index (Phi) is 7.96. The third kappa shape index (κ3) is 5.89. The van der Waals surface area contributed by atoms with Crippen molar-refractivity contribution in [2.45, 2.75) is 10.8 Å². The number of benzene rings is 4. The molecule has 2 fully saturated rings. The molecule has 2 unspecified atom stereocenters. The van der Waals surface area contributed by atoms with E-state index in [0.29, 0.717) is 26.2 Å². The number of hydrogen-bond donors (Lipinski definition) is 0. The van der Waals surface area contributed by atoms with E-state index in [-0.39, 0.29) is 35.5 Å². The maximum atomic E-state index is 14.0. The minimum Gasteiger partial charge on any atom is -0.368 e. The van der Waals surface area contributed by atoms with Crippen LogP contribution in [-0.4, -0.2) is 67.7 Å². The summed E-state index contributed by atoms with van der Waals surface area (Å²) in [7, 11) is -3.82. The predicted octanol–water partition coefficient (Wildman–Crippen LogP) is 5.01. The smallest absolute Gasteiger partial charge is 0.269 e. The predicted molar refractivity (Wildman–Crippen MR) is 165 cm³/mol. The van der Waals surface area contributed by atoms with E-state index in [2.05, 4.69) is 4.90 Å². The second-order valence-electron chi connectivity index (χ2n) is 10.9. The highest BCUT2D eigenvalue weighted by Crippen LogP contribution is 2.37. The number of nitro groups is 1. The lowest BCUT2D eigenvalue weighted by atomic mass is 9.88. The zero-order valence-electron chi connectivity index (χ0n) is 23.5. The van der Waals surface area contributed by atoms with Gasteiger partial charge in [0.2, 0.25) is 15.9 Å². The van der Waals surface area contributed by atoms with Gasteiger partial charge in [-0.25, -0.2) is 8.42 Å². The van der Waals surface area contributed by atoms with E-state index in [1.54, 1.807) is 24.3 Å². The molecule has 2 atom stereocenters. The van der Waals surface area contributed by atoms with Gasteiger partial charge in [-0.3, -0.25) is 14.9 Å². The van der Waals surface area contributed by atoms with Crippen LogP contribution in [0.15, 0.2) is 114 Å². The molecule has 0 N–H and O–H groups in total. The van der Waals surface area contributed by atoms with Crippen molar-refractivity contribution < 1.29 is 18.1 Å². The molecule has 4 aromatic carbocycles. The number of sulfonamides is 1. The molecule has 220 valence electrons. The lowest BCUT2D eigenvalue weighted by Crippen LogP contribution is -2.51. The van der Waals surface area contributed by atoms with Gasteiger partial charge in [-0.1, -0.05) is 72.8 Å². The summed E-state index contributed by atoms with van der Waals surface area (Å²) in [6, 6.07) is 32.8. The highest BCUT2D eigenvalue weighted by Gasteiger charge is 2.45. The average Bonchev–Trinajstić information content (AvgIpc) is 3.52. The van der Waals surface area contributed by atoms with Crippen LogP contribution in [0.4, 0.5) is 11.4 Å². The van der Waals surface area contributed by atoms with Crippen molar-refractivity contribution >= 4 is 27.3 Å². The molecule has 0 saturated carbocycles. The topological polar surface area (TPSA) is 104 Å². The fourth-order valence-corrected chi connectivity index (χ4v) is 7.55. The largest absolute Gasteiger partial charge is 0.368 e. The summed E-state index contributed by atoms with van der Waals surface area (Å²) >= 11 is 0. The van der Waals surface area contributed by atoms with Crippen LogP contribution in [0.1, 0.15) is 11.5 Å². The number of carbonyl (C=O) groups is 1. The Labute approximate surface area is 251 Å². The fraction of sp³-hybridized carbons (Fsp3) is 0.242. The van der Waals surface area contributed by atoms with Crippen LogP contribution in [0.2, 0.25) is 0 Å². The molecule has 43 heavy (non-hydrogen) atoms. The van der Waals surface area contributed by atoms with Gasteiger partial charge in [0.05, 0.1) is 15.7 Å². The van der Waals surface area contributed by atoms with E-state index in [0.717, 1.165) is 22.4 Å². The fourth-order valence-electron chi connectivity index (χ4n) is 6.06. The lowest BCUT2D eigenvalue weighted by Gasteiger charge is -2.37. The molecule has 0 bridgehead atoms. The maximum absolute atomic E-state index is 14.0. The number of carbonyl (C=O) groups excluding carboxylic acids is 1. The van der Waals surface area contributed by atoms with Gasteiger partial charge in [-0.15, -0.1) is 0 Å². The molecule has 0 aliphatic carbocycles. The molecule has 10 heteroatoms. The van der Waals surface area contributed by atoms with Crippen LogP contribution in [-0.2, 0) is 14.8 Å². The zero-order chi connectivity index (χ0) is 30.0. The summed E-state index contributed by atoms with van der Waals surface area (Å²) in [5.74, 6) is -0.819. The Hall–Kier alpha value is -4.54. The summed E-state index contributed by atoms with van der Waals surface area (Å²) in [5.41, 5.74) is 3.80. The number of amides is 1. The van der Waals surface area contributed by atoms with E-state index in [1.165, 1.54) is 16.4 Å². The molecule has 2 heterocycles. The normalized spacial score (nSPS) is 19.3. The quantitative estimate of drug-likeness (QED) is 0.219. The van der Waals surface area contributed by atoms with Gasteiger partial charge < -0.3 is 9.80 Å². The first-order valence-electron chi connectivity index (χ1n) is 14.3. The van der Waals surface area contributed by atoms with Crippen molar-refractivity contribution in [1.29, 1.82) is 0 Å². The maximum Gasteiger partial charge on any atom is 0.269 e. The molecule has 6 rings (SSSR count). The highest BCUT2D eigenvalue weighted by atomic mass is 32.2. The molecular weight excluding hydrogens is 564 g/mol. The molecule has 2 saturated heterocycles. The number of hydrogen-bond acceptors (Lipinski definition) is 6. The second-order valence-corrected chi connectivity index (χ2v) is 12.9. The summed E-state index contributed by atoms with van der Waals surface area (Å²) in [6.45, 7) is 2.49. The molecular formula is C33H32N4O5S. The minimum atomic E-state index is -3.82. The van der Waals surface area contributed by atoms with Gasteiger partial charge in [-0.2, -0.15) is 4.31 Å². The third-order valence-corrected chi connectivity index (χ3v) is 10.3. The van der Waals surface area contributed by atoms with E-state index in [4.69, 9.17) is 0 Å². The molecule has 0 aromatic heterocycles. The minimum absolute atomic E-state index is 0.0393. The molecule has 9 nitrogen and oxygen atoms in total. The summed E-state index contributed by atoms with van der Waals surface area (Å²) in [4.78, 5) is 28.7. The number of nitro benzene ring substituents is 1. The SMILES string of the molecule is O=C(C1CN(S(=O)(=O)c2ccc(-c3ccccc3)cc2)CC1c1ccccc1)N1CCN(c2ccc([N+](=O)[O-])cc2)CC1. The first-order valence-corrected chi connectivity index (χ1v) is 15.7. The molecule has 2 aliphatic rings. The van der Waals surface area contributed by atoms with Crippen LogP contribution in [0.25, 0.3) is 11.1 Å². The van der Waals surface area contributed by atoms with Gasteiger partial charge in [0.25, 0.3) is 5.69 Å². The van der Waals surface area contributed by atoms with E-state index in [1.807, 2.05) is 77.7 Å². The van der Waals surface area contributed by atoms with Crippen molar-refractivity contribution in [2.24, 2.45) is 5.92 Å². The van der Waals surface area contributed by atoms with Gasteiger partial charge in [-0.05, 0) is 41.0 Å². The Bertz CT molecular complexity index is 1690. The van der Waals surface area contributed by atoms with Crippen LogP contribution in [0.3, 0.4) is 0 Å². The van der Waals surface area contributed by atoms with Gasteiger partial charge in [0, 0.05) is 63.0 Å². The monoisotopic (exact) mass is 596 g/mol. The lowest BCUT2D eigenvalue weighted by molar-refractivity contribution is -0.384. The number of piperazine rings is 1. The van der Waals surface area contributed by atoms with Crippen molar-refractivity contribution in [3.05, 3.63) is 125 Å². The summed E-state index contributed by atoms with van der Waals surface area (Å²) in [5, 5.41) is 11.0. The number of anilines is 1. The third-order valence-electron chi connectivity index (χ3n) is 8.45. The van der Waals surface area contributed by atoms with Crippen molar-refractivity contribution in [2.75, 3.05) is 44.2 Å². The Morgan fingerprint density at radius 2 is 1.30 bits per heavy atom. The van der Waals surface area contributed by atoms with Crippen LogP contribution in [0, 0.1) is 16.0 Å². The molecule has 2 aliphatic heterocycles. The Morgan fingerprint density at radius 3 is 1.91 bits per heavy atom. The van der Waals surface area contributed by atoms with Crippen LogP contribution >= 0.6 is 0 Å². The molecule has 1 amide bonds. The molecule has 4 aromatic rings. The summed E-state index contributed by atoms with van der Waals surface area (Å²) in [6.07, 6.45) is 0. The Morgan fingerprint density at radius 1 is 0.721 bits per heavy atom. The van der Waals surface area contributed by atoms with E-state index >= 15 is 0 Å². The number of nitrogens with zero attached hydrogens (tertiary/aromatic N) is 4.